The molecule has 0 aliphatic heterocycles. The number of aromatic nitrogens is 1. The molecule has 0 atom stereocenters. The smallest absolute Gasteiger partial charge is 0.131 e. The van der Waals surface area contributed by atoms with E-state index in [4.69, 9.17) is 45.9 Å². The molecule has 0 spiro atoms. The van der Waals surface area contributed by atoms with E-state index < -0.39 is 0 Å². The molecule has 18 heavy (non-hydrogen) atoms. The molecule has 2 aromatic rings. The van der Waals surface area contributed by atoms with E-state index >= 15 is 0 Å². The molecule has 0 amide bonds. The zero-order chi connectivity index (χ0) is 13.1. The SMILES string of the molecule is NC(=S)c1cc(Oc2cc(Cl)cc(Cl)c2)ccn1. The first-order valence-corrected chi connectivity index (χ1v) is 6.11. The summed E-state index contributed by atoms with van der Waals surface area (Å²) in [5.74, 6) is 1.10. The number of rotatable bonds is 3. The molecule has 6 heteroatoms. The number of ether oxygens (including phenoxy) is 1. The third-order valence-electron chi connectivity index (χ3n) is 2.06. The van der Waals surface area contributed by atoms with E-state index in [1.807, 2.05) is 0 Å². The molecule has 0 aliphatic rings. The summed E-state index contributed by atoms with van der Waals surface area (Å²) in [5, 5.41) is 1.00. The van der Waals surface area contributed by atoms with Crippen LogP contribution in [0.15, 0.2) is 36.5 Å². The summed E-state index contributed by atoms with van der Waals surface area (Å²) in [4.78, 5) is 4.23. The largest absolute Gasteiger partial charge is 0.457 e. The summed E-state index contributed by atoms with van der Waals surface area (Å²) in [6.07, 6.45) is 1.57. The Balaban J connectivity index is 2.28. The number of benzene rings is 1. The van der Waals surface area contributed by atoms with Crippen LogP contribution in [0.3, 0.4) is 0 Å². The Morgan fingerprint density at radius 2 is 1.78 bits per heavy atom. The minimum absolute atomic E-state index is 0.213. The predicted octanol–water partition coefficient (Wildman–Crippen LogP) is 3.81. The van der Waals surface area contributed by atoms with Crippen molar-refractivity contribution in [3.8, 4) is 11.5 Å². The van der Waals surface area contributed by atoms with Gasteiger partial charge in [0.1, 0.15) is 22.2 Å². The third-order valence-corrected chi connectivity index (χ3v) is 2.70. The maximum Gasteiger partial charge on any atom is 0.131 e. The van der Waals surface area contributed by atoms with Gasteiger partial charge in [-0.3, -0.25) is 4.98 Å². The Labute approximate surface area is 119 Å². The molecule has 0 saturated heterocycles. The minimum Gasteiger partial charge on any atom is -0.457 e. The van der Waals surface area contributed by atoms with E-state index in [2.05, 4.69) is 4.98 Å². The van der Waals surface area contributed by atoms with E-state index in [-0.39, 0.29) is 4.99 Å². The van der Waals surface area contributed by atoms with Crippen molar-refractivity contribution in [3.63, 3.8) is 0 Å². The molecule has 92 valence electrons. The van der Waals surface area contributed by atoms with Crippen LogP contribution in [0.25, 0.3) is 0 Å². The molecular formula is C12H8Cl2N2OS. The summed E-state index contributed by atoms with van der Waals surface area (Å²) in [5.41, 5.74) is 5.99. The van der Waals surface area contributed by atoms with Gasteiger partial charge in [-0.05, 0) is 24.3 Å². The van der Waals surface area contributed by atoms with Gasteiger partial charge in [-0.15, -0.1) is 0 Å². The average molecular weight is 299 g/mol. The molecule has 0 saturated carbocycles. The van der Waals surface area contributed by atoms with Crippen LogP contribution >= 0.6 is 35.4 Å². The van der Waals surface area contributed by atoms with E-state index in [1.165, 1.54) is 0 Å². The number of hydrogen-bond donors (Lipinski definition) is 1. The Kier molecular flexibility index (Phi) is 4.01. The van der Waals surface area contributed by atoms with Gasteiger partial charge in [0.25, 0.3) is 0 Å². The number of nitrogens with two attached hydrogens (primary N) is 1. The van der Waals surface area contributed by atoms with Crippen molar-refractivity contribution in [2.75, 3.05) is 0 Å². The molecule has 2 rings (SSSR count). The van der Waals surface area contributed by atoms with E-state index in [1.54, 1.807) is 36.5 Å². The van der Waals surface area contributed by atoms with Gasteiger partial charge >= 0.3 is 0 Å². The van der Waals surface area contributed by atoms with Gasteiger partial charge in [0, 0.05) is 22.3 Å². The Bertz CT molecular complexity index is 584. The van der Waals surface area contributed by atoms with Crippen molar-refractivity contribution in [2.45, 2.75) is 0 Å². The highest BCUT2D eigenvalue weighted by Crippen LogP contribution is 2.28. The van der Waals surface area contributed by atoms with Gasteiger partial charge in [0.15, 0.2) is 0 Å². The van der Waals surface area contributed by atoms with Gasteiger partial charge in [-0.2, -0.15) is 0 Å². The van der Waals surface area contributed by atoms with Crippen molar-refractivity contribution in [3.05, 3.63) is 52.3 Å². The second kappa shape index (κ2) is 5.52. The minimum atomic E-state index is 0.213. The zero-order valence-electron chi connectivity index (χ0n) is 9.06. The number of pyridine rings is 1. The van der Waals surface area contributed by atoms with E-state index in [0.717, 1.165) is 0 Å². The van der Waals surface area contributed by atoms with Gasteiger partial charge in [-0.1, -0.05) is 35.4 Å². The summed E-state index contributed by atoms with van der Waals surface area (Å²) in [6.45, 7) is 0. The molecule has 1 aromatic heterocycles. The van der Waals surface area contributed by atoms with Crippen LogP contribution in [0.2, 0.25) is 10.0 Å². The first kappa shape index (κ1) is 13.1. The third kappa shape index (κ3) is 3.32. The monoisotopic (exact) mass is 298 g/mol. The highest BCUT2D eigenvalue weighted by atomic mass is 35.5. The van der Waals surface area contributed by atoms with Crippen molar-refractivity contribution in [1.29, 1.82) is 0 Å². The lowest BCUT2D eigenvalue weighted by atomic mass is 10.3. The summed E-state index contributed by atoms with van der Waals surface area (Å²) in [6, 6.07) is 8.29. The Morgan fingerprint density at radius 1 is 1.11 bits per heavy atom. The lowest BCUT2D eigenvalue weighted by Crippen LogP contribution is -2.11. The first-order valence-electron chi connectivity index (χ1n) is 4.94. The zero-order valence-corrected chi connectivity index (χ0v) is 11.4. The molecular weight excluding hydrogens is 291 g/mol. The standard InChI is InChI=1S/C12H8Cl2N2OS/c13-7-3-8(14)5-10(4-7)17-9-1-2-16-11(6-9)12(15)18/h1-6H,(H2,15,18). The van der Waals surface area contributed by atoms with E-state index in [0.29, 0.717) is 27.2 Å². The van der Waals surface area contributed by atoms with E-state index in [9.17, 15) is 0 Å². The van der Waals surface area contributed by atoms with Crippen LogP contribution in [0.1, 0.15) is 5.69 Å². The van der Waals surface area contributed by atoms with Gasteiger partial charge in [0.05, 0.1) is 0 Å². The average Bonchev–Trinajstić information content (AvgIpc) is 2.27. The first-order chi connectivity index (χ1) is 8.54. The van der Waals surface area contributed by atoms with Crippen LogP contribution in [0.5, 0.6) is 11.5 Å². The molecule has 1 aromatic carbocycles. The fraction of sp³-hybridized carbons (Fsp3) is 0. The highest BCUT2D eigenvalue weighted by Gasteiger charge is 2.04. The Hall–Kier alpha value is -1.36. The number of halogens is 2. The van der Waals surface area contributed by atoms with Crippen molar-refractivity contribution >= 4 is 40.4 Å². The molecule has 0 bridgehead atoms. The fourth-order valence-electron chi connectivity index (χ4n) is 1.33. The lowest BCUT2D eigenvalue weighted by molar-refractivity contribution is 0.482. The van der Waals surface area contributed by atoms with Crippen LogP contribution in [0, 0.1) is 0 Å². The second-order valence-electron chi connectivity index (χ2n) is 3.45. The second-order valence-corrected chi connectivity index (χ2v) is 4.76. The normalized spacial score (nSPS) is 10.1. The van der Waals surface area contributed by atoms with Gasteiger partial charge in [-0.25, -0.2) is 0 Å². The van der Waals surface area contributed by atoms with Crippen molar-refractivity contribution in [2.24, 2.45) is 5.73 Å². The van der Waals surface area contributed by atoms with Crippen LogP contribution in [-0.4, -0.2) is 9.97 Å². The van der Waals surface area contributed by atoms with Gasteiger partial charge in [0.2, 0.25) is 0 Å². The maximum absolute atomic E-state index is 5.88. The number of thiocarbonyl (C=S) groups is 1. The predicted molar refractivity (Wildman–Crippen MR) is 76.7 cm³/mol. The lowest BCUT2D eigenvalue weighted by Gasteiger charge is -2.07. The summed E-state index contributed by atoms with van der Waals surface area (Å²) >= 11 is 16.6. The molecule has 0 radical (unpaired) electrons. The highest BCUT2D eigenvalue weighted by molar-refractivity contribution is 7.80. The maximum atomic E-state index is 5.88. The van der Waals surface area contributed by atoms with Crippen LogP contribution in [0.4, 0.5) is 0 Å². The molecule has 0 aliphatic carbocycles. The molecule has 3 nitrogen and oxygen atoms in total. The van der Waals surface area contributed by atoms with Crippen LogP contribution in [-0.2, 0) is 0 Å². The Morgan fingerprint density at radius 3 is 2.39 bits per heavy atom. The molecule has 0 fully saturated rings. The molecule has 0 unspecified atom stereocenters. The quantitative estimate of drug-likeness (QED) is 0.875. The van der Waals surface area contributed by atoms with Crippen molar-refractivity contribution in [1.82, 2.24) is 4.98 Å². The van der Waals surface area contributed by atoms with Gasteiger partial charge < -0.3 is 10.5 Å². The fourth-order valence-corrected chi connectivity index (χ4v) is 1.95. The number of nitrogens with zero attached hydrogens (tertiary/aromatic N) is 1. The van der Waals surface area contributed by atoms with Crippen LogP contribution < -0.4 is 10.5 Å². The number of hydrogen-bond acceptors (Lipinski definition) is 3. The topological polar surface area (TPSA) is 48.1 Å². The summed E-state index contributed by atoms with van der Waals surface area (Å²) in [7, 11) is 0. The summed E-state index contributed by atoms with van der Waals surface area (Å²) < 4.78 is 5.61. The molecule has 1 heterocycles. The molecule has 2 N–H and O–H groups in total. The van der Waals surface area contributed by atoms with Crippen molar-refractivity contribution < 1.29 is 4.74 Å².